The molecule has 3 aromatic rings. The summed E-state index contributed by atoms with van der Waals surface area (Å²) in [5.74, 6) is 0.0711. The maximum atomic E-state index is 11.3. The van der Waals surface area contributed by atoms with Gasteiger partial charge in [-0.25, -0.2) is 4.98 Å². The van der Waals surface area contributed by atoms with Crippen LogP contribution in [-0.2, 0) is 11.3 Å². The molecule has 0 saturated carbocycles. The highest BCUT2D eigenvalue weighted by atomic mass is 32.1. The number of nitrogens with zero attached hydrogens (tertiary/aromatic N) is 1. The number of thiazole rings is 1. The Kier molecular flexibility index (Phi) is 5.06. The molecular weight excluding hydrogens is 316 g/mol. The van der Waals surface area contributed by atoms with Crippen LogP contribution in [0.5, 0.6) is 0 Å². The highest BCUT2D eigenvalue weighted by Gasteiger charge is 2.07. The van der Waals surface area contributed by atoms with E-state index >= 15 is 0 Å². The summed E-state index contributed by atoms with van der Waals surface area (Å²) < 4.78 is 0. The zero-order chi connectivity index (χ0) is 16.9. The van der Waals surface area contributed by atoms with Crippen molar-refractivity contribution in [1.29, 1.82) is 0 Å². The van der Waals surface area contributed by atoms with Crippen LogP contribution in [-0.4, -0.2) is 10.9 Å². The van der Waals surface area contributed by atoms with Gasteiger partial charge < -0.3 is 5.32 Å². The lowest BCUT2D eigenvalue weighted by Gasteiger charge is -2.04. The van der Waals surface area contributed by atoms with Gasteiger partial charge in [0.25, 0.3) is 0 Å². The maximum Gasteiger partial charge on any atom is 0.219 e. The molecule has 0 aliphatic rings. The van der Waals surface area contributed by atoms with E-state index in [0.29, 0.717) is 13.0 Å². The largest absolute Gasteiger partial charge is 0.352 e. The number of rotatable bonds is 5. The van der Waals surface area contributed by atoms with Crippen molar-refractivity contribution in [3.63, 3.8) is 0 Å². The topological polar surface area (TPSA) is 42.0 Å². The Morgan fingerprint density at radius 3 is 2.38 bits per heavy atom. The minimum atomic E-state index is 0.0711. The highest BCUT2D eigenvalue weighted by Crippen LogP contribution is 2.29. The lowest BCUT2D eigenvalue weighted by Crippen LogP contribution is -2.21. The lowest BCUT2D eigenvalue weighted by atomic mass is 10.1. The summed E-state index contributed by atoms with van der Waals surface area (Å²) in [5.41, 5.74) is 5.59. The van der Waals surface area contributed by atoms with Crippen molar-refractivity contribution in [2.45, 2.75) is 26.8 Å². The second-order valence-corrected chi connectivity index (χ2v) is 6.59. The van der Waals surface area contributed by atoms with Gasteiger partial charge in [0.1, 0.15) is 5.01 Å². The molecule has 2 aromatic carbocycles. The van der Waals surface area contributed by atoms with Crippen LogP contribution in [0.1, 0.15) is 24.5 Å². The van der Waals surface area contributed by atoms with Crippen LogP contribution in [0.15, 0.2) is 53.9 Å². The Bertz CT molecular complexity index is 820. The van der Waals surface area contributed by atoms with Gasteiger partial charge in [0.15, 0.2) is 0 Å². The molecule has 24 heavy (non-hydrogen) atoms. The molecule has 0 aliphatic heterocycles. The van der Waals surface area contributed by atoms with E-state index in [9.17, 15) is 4.79 Å². The fourth-order valence-corrected chi connectivity index (χ4v) is 3.19. The minimum absolute atomic E-state index is 0.0711. The van der Waals surface area contributed by atoms with Gasteiger partial charge in [-0.05, 0) is 12.5 Å². The van der Waals surface area contributed by atoms with E-state index < -0.39 is 0 Å². The van der Waals surface area contributed by atoms with Crippen LogP contribution in [0.4, 0.5) is 0 Å². The molecule has 1 amide bonds. The summed E-state index contributed by atoms with van der Waals surface area (Å²) in [6, 6.07) is 16.6. The molecule has 0 atom stereocenters. The Morgan fingerprint density at radius 1 is 1.04 bits per heavy atom. The first-order valence-corrected chi connectivity index (χ1v) is 8.92. The molecule has 0 bridgehead atoms. The summed E-state index contributed by atoms with van der Waals surface area (Å²) in [7, 11) is 0. The fourth-order valence-electron chi connectivity index (χ4n) is 2.35. The zero-order valence-corrected chi connectivity index (χ0v) is 14.7. The van der Waals surface area contributed by atoms with Gasteiger partial charge in [0.2, 0.25) is 5.91 Å². The van der Waals surface area contributed by atoms with Crippen LogP contribution in [0.2, 0.25) is 0 Å². The Hall–Kier alpha value is -2.46. The normalized spacial score (nSPS) is 10.6. The van der Waals surface area contributed by atoms with Crippen molar-refractivity contribution in [3.05, 3.63) is 65.0 Å². The summed E-state index contributed by atoms with van der Waals surface area (Å²) in [6.45, 7) is 4.51. The first kappa shape index (κ1) is 16.4. The number of nitrogens with one attached hydrogen (secondary N) is 1. The third kappa shape index (κ3) is 3.89. The highest BCUT2D eigenvalue weighted by molar-refractivity contribution is 7.13. The molecule has 3 nitrogen and oxygen atoms in total. The third-order valence-corrected chi connectivity index (χ3v) is 4.75. The van der Waals surface area contributed by atoms with E-state index in [0.717, 1.165) is 27.4 Å². The summed E-state index contributed by atoms with van der Waals surface area (Å²) in [4.78, 5) is 16.1. The second kappa shape index (κ2) is 7.41. The van der Waals surface area contributed by atoms with Gasteiger partial charge in [-0.1, -0.05) is 61.0 Å². The smallest absolute Gasteiger partial charge is 0.219 e. The summed E-state index contributed by atoms with van der Waals surface area (Å²) in [5, 5.41) is 5.99. The van der Waals surface area contributed by atoms with Gasteiger partial charge in [-0.2, -0.15) is 0 Å². The molecule has 0 aliphatic carbocycles. The predicted molar refractivity (Wildman–Crippen MR) is 99.9 cm³/mol. The third-order valence-electron chi connectivity index (χ3n) is 3.86. The number of carbonyl (C=O) groups excluding carboxylic acids is 1. The average Bonchev–Trinajstić information content (AvgIpc) is 3.11. The molecule has 4 heteroatoms. The zero-order valence-electron chi connectivity index (χ0n) is 13.9. The molecule has 3 rings (SSSR count). The summed E-state index contributed by atoms with van der Waals surface area (Å²) >= 11 is 1.65. The van der Waals surface area contributed by atoms with E-state index in [1.54, 1.807) is 11.3 Å². The molecule has 0 unspecified atom stereocenters. The number of aromatic nitrogens is 1. The molecule has 0 radical (unpaired) electrons. The predicted octanol–water partition coefficient (Wildman–Crippen LogP) is 4.81. The number of hydrogen-bond acceptors (Lipinski definition) is 3. The van der Waals surface area contributed by atoms with E-state index in [2.05, 4.69) is 54.0 Å². The van der Waals surface area contributed by atoms with Gasteiger partial charge in [0.05, 0.1) is 5.69 Å². The number of benzene rings is 2. The SMILES string of the molecule is CCC(=O)NCc1ccc(-c2nc(-c3ccc(C)cc3)cs2)cc1. The van der Waals surface area contributed by atoms with E-state index in [1.165, 1.54) is 5.56 Å². The number of aryl methyl sites for hydroxylation is 1. The quantitative estimate of drug-likeness (QED) is 0.726. The van der Waals surface area contributed by atoms with Crippen molar-refractivity contribution in [3.8, 4) is 21.8 Å². The molecule has 0 spiro atoms. The second-order valence-electron chi connectivity index (χ2n) is 5.73. The van der Waals surface area contributed by atoms with Crippen molar-refractivity contribution < 1.29 is 4.79 Å². The van der Waals surface area contributed by atoms with Crippen LogP contribution in [0, 0.1) is 6.92 Å². The van der Waals surface area contributed by atoms with Crippen LogP contribution in [0.3, 0.4) is 0 Å². The van der Waals surface area contributed by atoms with Crippen molar-refractivity contribution in [2.24, 2.45) is 0 Å². The lowest BCUT2D eigenvalue weighted by molar-refractivity contribution is -0.120. The number of amides is 1. The van der Waals surface area contributed by atoms with E-state index in [-0.39, 0.29) is 5.91 Å². The monoisotopic (exact) mass is 336 g/mol. The first-order valence-electron chi connectivity index (χ1n) is 8.04. The summed E-state index contributed by atoms with van der Waals surface area (Å²) in [6.07, 6.45) is 0.513. The van der Waals surface area contributed by atoms with Gasteiger partial charge in [-0.15, -0.1) is 11.3 Å². The van der Waals surface area contributed by atoms with Gasteiger partial charge >= 0.3 is 0 Å². The Balaban J connectivity index is 1.73. The Morgan fingerprint density at radius 2 is 1.71 bits per heavy atom. The van der Waals surface area contributed by atoms with Gasteiger partial charge in [-0.3, -0.25) is 4.79 Å². The average molecular weight is 336 g/mol. The van der Waals surface area contributed by atoms with E-state index in [4.69, 9.17) is 4.98 Å². The first-order chi connectivity index (χ1) is 11.7. The molecule has 1 heterocycles. The molecule has 122 valence electrons. The fraction of sp³-hybridized carbons (Fsp3) is 0.200. The van der Waals surface area contributed by atoms with Crippen LogP contribution < -0.4 is 5.32 Å². The minimum Gasteiger partial charge on any atom is -0.352 e. The standard InChI is InChI=1S/C20H20N2OS/c1-3-19(23)21-12-15-6-10-17(11-7-15)20-22-18(13-24-20)16-8-4-14(2)5-9-16/h4-11,13H,3,12H2,1-2H3,(H,21,23). The molecular formula is C20H20N2OS. The molecule has 0 fully saturated rings. The molecule has 0 saturated heterocycles. The van der Waals surface area contributed by atoms with Gasteiger partial charge in [0, 0.05) is 29.5 Å². The van der Waals surface area contributed by atoms with E-state index in [1.807, 2.05) is 19.1 Å². The molecule has 1 aromatic heterocycles. The number of hydrogen-bond donors (Lipinski definition) is 1. The number of carbonyl (C=O) groups is 1. The molecule has 1 N–H and O–H groups in total. The van der Waals surface area contributed by atoms with Crippen LogP contribution >= 0.6 is 11.3 Å². The van der Waals surface area contributed by atoms with Crippen LogP contribution in [0.25, 0.3) is 21.8 Å². The maximum absolute atomic E-state index is 11.3. The van der Waals surface area contributed by atoms with Crippen molar-refractivity contribution in [1.82, 2.24) is 10.3 Å². The van der Waals surface area contributed by atoms with Crippen molar-refractivity contribution in [2.75, 3.05) is 0 Å². The Labute approximate surface area is 146 Å². The van der Waals surface area contributed by atoms with Crippen molar-refractivity contribution >= 4 is 17.2 Å².